The number of rotatable bonds is 4. The Balaban J connectivity index is 2.13. The van der Waals surface area contributed by atoms with E-state index in [9.17, 15) is 9.59 Å². The van der Waals surface area contributed by atoms with Crippen molar-refractivity contribution in [3.63, 3.8) is 0 Å². The minimum Gasteiger partial charge on any atom is -0.497 e. The number of amides is 2. The van der Waals surface area contributed by atoms with Gasteiger partial charge in [-0.2, -0.15) is 0 Å². The summed E-state index contributed by atoms with van der Waals surface area (Å²) in [6.45, 7) is 3.77. The van der Waals surface area contributed by atoms with Crippen LogP contribution in [0.25, 0.3) is 0 Å². The average Bonchev–Trinajstić information content (AvgIpc) is 2.65. The molecule has 0 aromatic heterocycles. The third-order valence-electron chi connectivity index (χ3n) is 3.96. The molecule has 20 heavy (non-hydrogen) atoms. The number of hydrogen-bond donors (Lipinski definition) is 1. The molecule has 2 amide bonds. The normalized spacial score (nSPS) is 24.1. The van der Waals surface area contributed by atoms with Crippen LogP contribution in [-0.4, -0.2) is 30.4 Å². The van der Waals surface area contributed by atoms with E-state index in [2.05, 4.69) is 0 Å². The van der Waals surface area contributed by atoms with Crippen molar-refractivity contribution in [2.75, 3.05) is 13.7 Å². The van der Waals surface area contributed by atoms with Gasteiger partial charge in [0.15, 0.2) is 0 Å². The SMILES string of the molecule is COc1cccc(C(N)CN2C(=O)C(C)C(C)C2=O)c1. The summed E-state index contributed by atoms with van der Waals surface area (Å²) in [7, 11) is 1.58. The van der Waals surface area contributed by atoms with E-state index in [0.29, 0.717) is 5.75 Å². The number of imide groups is 1. The van der Waals surface area contributed by atoms with E-state index in [1.54, 1.807) is 21.0 Å². The zero-order chi connectivity index (χ0) is 14.9. The van der Waals surface area contributed by atoms with E-state index in [4.69, 9.17) is 10.5 Å². The van der Waals surface area contributed by atoms with Gasteiger partial charge in [-0.05, 0) is 17.7 Å². The highest BCUT2D eigenvalue weighted by Crippen LogP contribution is 2.27. The van der Waals surface area contributed by atoms with Crippen LogP contribution in [0.15, 0.2) is 24.3 Å². The zero-order valence-electron chi connectivity index (χ0n) is 12.0. The molecule has 3 atom stereocenters. The number of carbonyl (C=O) groups excluding carboxylic acids is 2. The predicted molar refractivity (Wildman–Crippen MR) is 75.0 cm³/mol. The molecular formula is C15H20N2O3. The molecule has 2 N–H and O–H groups in total. The van der Waals surface area contributed by atoms with Crippen LogP contribution in [0.2, 0.25) is 0 Å². The van der Waals surface area contributed by atoms with Crippen molar-refractivity contribution in [2.24, 2.45) is 17.6 Å². The summed E-state index contributed by atoms with van der Waals surface area (Å²) in [5, 5.41) is 0. The van der Waals surface area contributed by atoms with Gasteiger partial charge < -0.3 is 10.5 Å². The van der Waals surface area contributed by atoms with Gasteiger partial charge in [0, 0.05) is 24.4 Å². The van der Waals surface area contributed by atoms with Crippen molar-refractivity contribution in [1.82, 2.24) is 4.90 Å². The molecule has 1 aromatic carbocycles. The Bertz CT molecular complexity index is 510. The maximum atomic E-state index is 12.0. The number of hydrogen-bond acceptors (Lipinski definition) is 4. The molecule has 1 heterocycles. The standard InChI is InChI=1S/C15H20N2O3/c1-9-10(2)15(19)17(14(9)18)8-13(16)11-5-4-6-12(7-11)20-3/h4-7,9-10,13H,8,16H2,1-3H3. The highest BCUT2D eigenvalue weighted by Gasteiger charge is 2.42. The van der Waals surface area contributed by atoms with Gasteiger partial charge in [-0.15, -0.1) is 0 Å². The smallest absolute Gasteiger partial charge is 0.232 e. The Morgan fingerprint density at radius 2 is 1.85 bits per heavy atom. The average molecular weight is 276 g/mol. The number of nitrogens with zero attached hydrogens (tertiary/aromatic N) is 1. The molecule has 1 fully saturated rings. The molecule has 1 aliphatic heterocycles. The van der Waals surface area contributed by atoms with E-state index >= 15 is 0 Å². The Morgan fingerprint density at radius 3 is 2.40 bits per heavy atom. The number of likely N-dealkylation sites (tertiary alicyclic amines) is 1. The number of ether oxygens (including phenoxy) is 1. The van der Waals surface area contributed by atoms with Crippen LogP contribution in [0, 0.1) is 11.8 Å². The molecule has 0 aliphatic carbocycles. The van der Waals surface area contributed by atoms with Crippen LogP contribution in [0.5, 0.6) is 5.75 Å². The monoisotopic (exact) mass is 276 g/mol. The number of methoxy groups -OCH3 is 1. The fourth-order valence-corrected chi connectivity index (χ4v) is 2.38. The maximum absolute atomic E-state index is 12.0. The van der Waals surface area contributed by atoms with Crippen LogP contribution < -0.4 is 10.5 Å². The molecule has 1 aromatic rings. The first-order valence-electron chi connectivity index (χ1n) is 6.70. The molecular weight excluding hydrogens is 256 g/mol. The second-order valence-electron chi connectivity index (χ2n) is 5.25. The summed E-state index contributed by atoms with van der Waals surface area (Å²) in [5.41, 5.74) is 6.96. The lowest BCUT2D eigenvalue weighted by Gasteiger charge is -2.20. The van der Waals surface area contributed by atoms with Gasteiger partial charge in [0.05, 0.1) is 7.11 Å². The van der Waals surface area contributed by atoms with Crippen LogP contribution in [0.1, 0.15) is 25.5 Å². The van der Waals surface area contributed by atoms with Crippen molar-refractivity contribution in [1.29, 1.82) is 0 Å². The molecule has 5 nitrogen and oxygen atoms in total. The minimum absolute atomic E-state index is 0.138. The maximum Gasteiger partial charge on any atom is 0.232 e. The topological polar surface area (TPSA) is 72.6 Å². The van der Waals surface area contributed by atoms with Crippen molar-refractivity contribution in [3.05, 3.63) is 29.8 Å². The second kappa shape index (κ2) is 5.63. The van der Waals surface area contributed by atoms with Gasteiger partial charge in [0.1, 0.15) is 5.75 Å². The quantitative estimate of drug-likeness (QED) is 0.842. The Morgan fingerprint density at radius 1 is 1.25 bits per heavy atom. The first-order chi connectivity index (χ1) is 9.45. The van der Waals surface area contributed by atoms with E-state index in [-0.39, 0.29) is 30.2 Å². The van der Waals surface area contributed by atoms with Crippen LogP contribution >= 0.6 is 0 Å². The molecule has 0 spiro atoms. The Kier molecular flexibility index (Phi) is 4.09. The fourth-order valence-electron chi connectivity index (χ4n) is 2.38. The molecule has 3 unspecified atom stereocenters. The van der Waals surface area contributed by atoms with Crippen LogP contribution in [0.3, 0.4) is 0 Å². The van der Waals surface area contributed by atoms with Crippen molar-refractivity contribution in [2.45, 2.75) is 19.9 Å². The largest absolute Gasteiger partial charge is 0.497 e. The van der Waals surface area contributed by atoms with Crippen molar-refractivity contribution in [3.8, 4) is 5.75 Å². The molecule has 108 valence electrons. The summed E-state index contributed by atoms with van der Waals surface area (Å²) in [4.78, 5) is 25.4. The number of benzene rings is 1. The highest BCUT2D eigenvalue weighted by molar-refractivity contribution is 6.04. The van der Waals surface area contributed by atoms with Crippen LogP contribution in [-0.2, 0) is 9.59 Å². The third kappa shape index (κ3) is 2.54. The molecule has 5 heteroatoms. The Labute approximate surface area is 118 Å². The van der Waals surface area contributed by atoms with E-state index < -0.39 is 6.04 Å². The first kappa shape index (κ1) is 14.5. The lowest BCUT2D eigenvalue weighted by atomic mass is 10.00. The molecule has 0 bridgehead atoms. The third-order valence-corrected chi connectivity index (χ3v) is 3.96. The van der Waals surface area contributed by atoms with E-state index in [0.717, 1.165) is 5.56 Å². The lowest BCUT2D eigenvalue weighted by Crippen LogP contribution is -2.37. The molecule has 1 aliphatic rings. The van der Waals surface area contributed by atoms with Gasteiger partial charge in [-0.25, -0.2) is 0 Å². The number of carbonyl (C=O) groups is 2. The summed E-state index contributed by atoms with van der Waals surface area (Å²) >= 11 is 0. The van der Waals surface area contributed by atoms with Gasteiger partial charge in [0.2, 0.25) is 11.8 Å². The van der Waals surface area contributed by atoms with E-state index in [1.165, 1.54) is 4.90 Å². The van der Waals surface area contributed by atoms with Crippen LogP contribution in [0.4, 0.5) is 0 Å². The fraction of sp³-hybridized carbons (Fsp3) is 0.467. The predicted octanol–water partition coefficient (Wildman–Crippen LogP) is 1.34. The summed E-state index contributed by atoms with van der Waals surface area (Å²) in [6.07, 6.45) is 0. The Hall–Kier alpha value is -1.88. The highest BCUT2D eigenvalue weighted by atomic mass is 16.5. The number of nitrogens with two attached hydrogens (primary N) is 1. The van der Waals surface area contributed by atoms with Crippen molar-refractivity contribution < 1.29 is 14.3 Å². The molecule has 0 saturated carbocycles. The van der Waals surface area contributed by atoms with Crippen molar-refractivity contribution >= 4 is 11.8 Å². The lowest BCUT2D eigenvalue weighted by molar-refractivity contribution is -0.140. The van der Waals surface area contributed by atoms with Gasteiger partial charge >= 0.3 is 0 Å². The summed E-state index contributed by atoms with van der Waals surface area (Å²) < 4.78 is 5.15. The minimum atomic E-state index is -0.407. The van der Waals surface area contributed by atoms with E-state index in [1.807, 2.05) is 24.3 Å². The molecule has 2 rings (SSSR count). The summed E-state index contributed by atoms with van der Waals surface area (Å²) in [5.74, 6) is -0.0968. The van der Waals surface area contributed by atoms with Gasteiger partial charge in [-0.3, -0.25) is 14.5 Å². The van der Waals surface area contributed by atoms with Gasteiger partial charge in [0.25, 0.3) is 0 Å². The second-order valence-corrected chi connectivity index (χ2v) is 5.25. The first-order valence-corrected chi connectivity index (χ1v) is 6.70. The molecule has 0 radical (unpaired) electrons. The molecule has 1 saturated heterocycles. The summed E-state index contributed by atoms with van der Waals surface area (Å²) in [6, 6.07) is 6.95. The van der Waals surface area contributed by atoms with Gasteiger partial charge in [-0.1, -0.05) is 26.0 Å². The zero-order valence-corrected chi connectivity index (χ0v) is 12.0.